The predicted molar refractivity (Wildman–Crippen MR) is 77.0 cm³/mol. The van der Waals surface area contributed by atoms with Crippen LogP contribution in [0.1, 0.15) is 28.8 Å². The maximum absolute atomic E-state index is 12.8. The molecule has 110 valence electrons. The molecule has 7 heteroatoms. The van der Waals surface area contributed by atoms with Crippen molar-refractivity contribution in [3.05, 3.63) is 33.8 Å². The van der Waals surface area contributed by atoms with E-state index in [1.165, 1.54) is 12.1 Å². The summed E-state index contributed by atoms with van der Waals surface area (Å²) < 4.78 is 38.5. The molecular weight excluding hydrogens is 403 g/mol. The second-order valence-corrected chi connectivity index (χ2v) is 6.14. The molecule has 0 aromatic heterocycles. The van der Waals surface area contributed by atoms with E-state index in [2.05, 4.69) is 31.9 Å². The molecule has 0 spiro atoms. The second kappa shape index (κ2) is 6.05. The van der Waals surface area contributed by atoms with Gasteiger partial charge in [-0.05, 0) is 31.0 Å². The summed E-state index contributed by atoms with van der Waals surface area (Å²) in [5.74, 6) is -0.343. The highest BCUT2D eigenvalue weighted by Gasteiger charge is 2.35. The molecule has 0 radical (unpaired) electrons. The third-order valence-electron chi connectivity index (χ3n) is 3.33. The molecule has 1 unspecified atom stereocenters. The molecule has 1 saturated heterocycles. The lowest BCUT2D eigenvalue weighted by atomic mass is 10.1. The van der Waals surface area contributed by atoms with Gasteiger partial charge in [-0.2, -0.15) is 13.2 Å². The van der Waals surface area contributed by atoms with E-state index < -0.39 is 11.7 Å². The molecule has 0 bridgehead atoms. The van der Waals surface area contributed by atoms with Crippen molar-refractivity contribution in [1.82, 2.24) is 4.90 Å². The minimum Gasteiger partial charge on any atom is -0.335 e. The molecule has 1 heterocycles. The van der Waals surface area contributed by atoms with Crippen LogP contribution in [0.3, 0.4) is 0 Å². The Hall–Kier alpha value is -0.560. The maximum atomic E-state index is 12.8. The Morgan fingerprint density at radius 2 is 2.10 bits per heavy atom. The molecule has 0 saturated carbocycles. The highest BCUT2D eigenvalue weighted by molar-refractivity contribution is 9.10. The van der Waals surface area contributed by atoms with Crippen LogP contribution in [0.4, 0.5) is 13.2 Å². The van der Waals surface area contributed by atoms with Gasteiger partial charge in [0.2, 0.25) is 0 Å². The first-order valence-corrected chi connectivity index (χ1v) is 7.99. The van der Waals surface area contributed by atoms with Crippen molar-refractivity contribution in [3.8, 4) is 0 Å². The lowest BCUT2D eigenvalue weighted by molar-refractivity contribution is -0.138. The van der Waals surface area contributed by atoms with Crippen LogP contribution in [0.2, 0.25) is 0 Å². The summed E-state index contributed by atoms with van der Waals surface area (Å²) in [4.78, 5) is 14.0. The number of halogens is 5. The van der Waals surface area contributed by atoms with E-state index in [4.69, 9.17) is 0 Å². The Balaban J connectivity index is 2.31. The van der Waals surface area contributed by atoms with Gasteiger partial charge in [0, 0.05) is 28.0 Å². The molecule has 1 atom stereocenters. The summed E-state index contributed by atoms with van der Waals surface area (Å²) in [5.41, 5.74) is -0.744. The number of rotatable bonds is 2. The van der Waals surface area contributed by atoms with Crippen LogP contribution in [0, 0.1) is 0 Å². The van der Waals surface area contributed by atoms with Gasteiger partial charge >= 0.3 is 6.18 Å². The average molecular weight is 415 g/mol. The van der Waals surface area contributed by atoms with Crippen LogP contribution in [0.15, 0.2) is 22.7 Å². The zero-order chi connectivity index (χ0) is 14.9. The molecule has 0 aliphatic carbocycles. The molecule has 2 nitrogen and oxygen atoms in total. The summed E-state index contributed by atoms with van der Waals surface area (Å²) in [5, 5.41) is 0.640. The summed E-state index contributed by atoms with van der Waals surface area (Å²) in [6.07, 6.45) is -2.72. The minimum atomic E-state index is -4.48. The van der Waals surface area contributed by atoms with Gasteiger partial charge < -0.3 is 4.90 Å². The summed E-state index contributed by atoms with van der Waals surface area (Å²) in [6, 6.07) is 3.66. The number of benzene rings is 1. The molecule has 2 rings (SSSR count). The first kappa shape index (κ1) is 15.8. The van der Waals surface area contributed by atoms with E-state index in [1.54, 1.807) is 4.90 Å². The molecule has 1 amide bonds. The molecule has 1 fully saturated rings. The molecule has 1 aliphatic rings. The fraction of sp³-hybridized carbons (Fsp3) is 0.462. The zero-order valence-electron chi connectivity index (χ0n) is 10.4. The lowest BCUT2D eigenvalue weighted by Crippen LogP contribution is -2.36. The van der Waals surface area contributed by atoms with Crippen molar-refractivity contribution >= 4 is 37.8 Å². The Kier molecular flexibility index (Phi) is 4.79. The zero-order valence-corrected chi connectivity index (χ0v) is 13.6. The molecule has 20 heavy (non-hydrogen) atoms. The van der Waals surface area contributed by atoms with E-state index in [-0.39, 0.29) is 22.0 Å². The summed E-state index contributed by atoms with van der Waals surface area (Å²) in [7, 11) is 0. The fourth-order valence-electron chi connectivity index (χ4n) is 2.30. The van der Waals surface area contributed by atoms with Crippen molar-refractivity contribution in [3.63, 3.8) is 0 Å². The van der Waals surface area contributed by atoms with Crippen LogP contribution in [0.25, 0.3) is 0 Å². The van der Waals surface area contributed by atoms with E-state index in [1.807, 2.05) is 0 Å². The van der Waals surface area contributed by atoms with Crippen molar-refractivity contribution in [2.24, 2.45) is 0 Å². The number of hydrogen-bond donors (Lipinski definition) is 0. The molecule has 1 aromatic rings. The second-order valence-electron chi connectivity index (χ2n) is 4.64. The quantitative estimate of drug-likeness (QED) is 0.654. The number of carbonyl (C=O) groups is 1. The van der Waals surface area contributed by atoms with Gasteiger partial charge in [-0.25, -0.2) is 0 Å². The smallest absolute Gasteiger partial charge is 0.335 e. The largest absolute Gasteiger partial charge is 0.417 e. The standard InChI is InChI=1S/C13H12Br2F3NO/c14-7-9-2-1-5-19(9)12(20)8-3-4-11(15)10(6-8)13(16,17)18/h3-4,6,9H,1-2,5,7H2. The Bertz CT molecular complexity index is 519. The van der Waals surface area contributed by atoms with E-state index in [0.29, 0.717) is 11.9 Å². The van der Waals surface area contributed by atoms with Crippen molar-refractivity contribution in [2.45, 2.75) is 25.1 Å². The first-order chi connectivity index (χ1) is 9.34. The Morgan fingerprint density at radius 1 is 1.40 bits per heavy atom. The SMILES string of the molecule is O=C(c1ccc(Br)c(C(F)(F)F)c1)N1CCCC1CBr. The highest BCUT2D eigenvalue weighted by Crippen LogP contribution is 2.35. The Morgan fingerprint density at radius 3 is 2.70 bits per heavy atom. The normalized spacial score (nSPS) is 19.4. The van der Waals surface area contributed by atoms with Gasteiger partial charge in [-0.15, -0.1) is 0 Å². The predicted octanol–water partition coefficient (Wildman–Crippen LogP) is 4.47. The average Bonchev–Trinajstić information content (AvgIpc) is 2.85. The monoisotopic (exact) mass is 413 g/mol. The Labute approximate surface area is 131 Å². The third kappa shape index (κ3) is 3.19. The van der Waals surface area contributed by atoms with E-state index in [0.717, 1.165) is 18.9 Å². The summed E-state index contributed by atoms with van der Waals surface area (Å²) >= 11 is 6.21. The number of likely N-dealkylation sites (tertiary alicyclic amines) is 1. The number of alkyl halides is 4. The van der Waals surface area contributed by atoms with Gasteiger partial charge in [0.1, 0.15) is 0 Å². The minimum absolute atomic E-state index is 0.0555. The van der Waals surface area contributed by atoms with E-state index in [9.17, 15) is 18.0 Å². The van der Waals surface area contributed by atoms with Crippen LogP contribution >= 0.6 is 31.9 Å². The van der Waals surface area contributed by atoms with Crippen LogP contribution in [-0.4, -0.2) is 28.7 Å². The first-order valence-electron chi connectivity index (χ1n) is 6.08. The van der Waals surface area contributed by atoms with Crippen molar-refractivity contribution in [1.29, 1.82) is 0 Å². The van der Waals surface area contributed by atoms with E-state index >= 15 is 0 Å². The van der Waals surface area contributed by atoms with Crippen LogP contribution in [-0.2, 0) is 6.18 Å². The van der Waals surface area contributed by atoms with Gasteiger partial charge in [-0.1, -0.05) is 31.9 Å². The number of nitrogens with zero attached hydrogens (tertiary/aromatic N) is 1. The summed E-state index contributed by atoms with van der Waals surface area (Å²) in [6.45, 7) is 0.590. The molecule has 0 N–H and O–H groups in total. The van der Waals surface area contributed by atoms with Gasteiger partial charge in [-0.3, -0.25) is 4.79 Å². The van der Waals surface area contributed by atoms with Crippen molar-refractivity contribution < 1.29 is 18.0 Å². The maximum Gasteiger partial charge on any atom is 0.417 e. The third-order valence-corrected chi connectivity index (χ3v) is 4.77. The van der Waals surface area contributed by atoms with Gasteiger partial charge in [0.15, 0.2) is 0 Å². The lowest BCUT2D eigenvalue weighted by Gasteiger charge is -2.23. The van der Waals surface area contributed by atoms with Gasteiger partial charge in [0.05, 0.1) is 5.56 Å². The van der Waals surface area contributed by atoms with Crippen LogP contribution in [0.5, 0.6) is 0 Å². The van der Waals surface area contributed by atoms with Crippen LogP contribution < -0.4 is 0 Å². The molecule has 1 aliphatic heterocycles. The van der Waals surface area contributed by atoms with Crippen molar-refractivity contribution in [2.75, 3.05) is 11.9 Å². The molecular formula is C13H12Br2F3NO. The topological polar surface area (TPSA) is 20.3 Å². The van der Waals surface area contributed by atoms with Gasteiger partial charge in [0.25, 0.3) is 5.91 Å². The fourth-order valence-corrected chi connectivity index (χ4v) is 3.45. The number of amides is 1. The highest BCUT2D eigenvalue weighted by atomic mass is 79.9. The molecule has 1 aromatic carbocycles. The number of hydrogen-bond acceptors (Lipinski definition) is 1. The number of carbonyl (C=O) groups excluding carboxylic acids is 1.